The van der Waals surface area contributed by atoms with Crippen molar-refractivity contribution < 1.29 is 8.42 Å². The zero-order valence-electron chi connectivity index (χ0n) is 16.3. The second kappa shape index (κ2) is 8.71. The Kier molecular flexibility index (Phi) is 6.48. The van der Waals surface area contributed by atoms with Crippen molar-refractivity contribution in [3.05, 3.63) is 65.7 Å². The highest BCUT2D eigenvalue weighted by atomic mass is 35.5. The average molecular weight is 449 g/mol. The molecule has 0 saturated heterocycles. The molecule has 0 fully saturated rings. The van der Waals surface area contributed by atoms with Gasteiger partial charge in [-0.15, -0.1) is 10.2 Å². The molecule has 152 valence electrons. The van der Waals surface area contributed by atoms with Crippen LogP contribution < -0.4 is 0 Å². The second-order valence-electron chi connectivity index (χ2n) is 6.60. The summed E-state index contributed by atoms with van der Waals surface area (Å²) in [4.78, 5) is 0.196. The van der Waals surface area contributed by atoms with Crippen LogP contribution in [0.4, 0.5) is 0 Å². The number of rotatable bonds is 7. The number of nitrogens with zero attached hydrogens (tertiary/aromatic N) is 4. The number of hydrogen-bond donors (Lipinski definition) is 0. The number of sulfonamides is 1. The van der Waals surface area contributed by atoms with Crippen molar-refractivity contribution >= 4 is 33.4 Å². The lowest BCUT2D eigenvalue weighted by Crippen LogP contribution is -2.22. The fourth-order valence-electron chi connectivity index (χ4n) is 2.70. The van der Waals surface area contributed by atoms with E-state index in [0.29, 0.717) is 27.3 Å². The van der Waals surface area contributed by atoms with Crippen LogP contribution >= 0.6 is 23.4 Å². The van der Waals surface area contributed by atoms with Gasteiger partial charge in [0.15, 0.2) is 11.0 Å². The van der Waals surface area contributed by atoms with Crippen LogP contribution in [0, 0.1) is 6.92 Å². The molecule has 0 N–H and O–H groups in total. The fourth-order valence-corrected chi connectivity index (χ4v) is 4.52. The predicted octanol–water partition coefficient (Wildman–Crippen LogP) is 4.34. The Balaban J connectivity index is 2.17. The minimum absolute atomic E-state index is 0.196. The molecule has 2 aromatic carbocycles. The van der Waals surface area contributed by atoms with Crippen molar-refractivity contribution in [2.45, 2.75) is 17.0 Å². The van der Waals surface area contributed by atoms with Crippen LogP contribution in [0.2, 0.25) is 0 Å². The first-order chi connectivity index (χ1) is 13.7. The minimum Gasteiger partial charge on any atom is -0.270 e. The van der Waals surface area contributed by atoms with Gasteiger partial charge in [0.05, 0.1) is 4.90 Å². The highest BCUT2D eigenvalue weighted by molar-refractivity contribution is 7.99. The van der Waals surface area contributed by atoms with E-state index in [2.05, 4.69) is 16.8 Å². The summed E-state index contributed by atoms with van der Waals surface area (Å²) in [5.74, 6) is 1.04. The molecule has 29 heavy (non-hydrogen) atoms. The molecule has 0 spiro atoms. The molecule has 0 unspecified atom stereocenters. The van der Waals surface area contributed by atoms with Crippen LogP contribution in [0.1, 0.15) is 5.56 Å². The Hall–Kier alpha value is -2.13. The lowest BCUT2D eigenvalue weighted by Gasteiger charge is -2.13. The molecule has 3 aromatic rings. The van der Waals surface area contributed by atoms with Gasteiger partial charge in [0.1, 0.15) is 0 Å². The molecule has 0 saturated carbocycles. The lowest BCUT2D eigenvalue weighted by molar-refractivity contribution is 0.521. The molecule has 6 nitrogen and oxygen atoms in total. The lowest BCUT2D eigenvalue weighted by atomic mass is 10.2. The predicted molar refractivity (Wildman–Crippen MR) is 118 cm³/mol. The van der Waals surface area contributed by atoms with Crippen molar-refractivity contribution in [2.24, 2.45) is 0 Å². The number of aromatic nitrogens is 3. The zero-order chi connectivity index (χ0) is 21.2. The Labute approximate surface area is 180 Å². The van der Waals surface area contributed by atoms with Crippen molar-refractivity contribution in [1.29, 1.82) is 0 Å². The second-order valence-corrected chi connectivity index (χ2v) is 10.2. The fraction of sp³-hybridized carbons (Fsp3) is 0.200. The summed E-state index contributed by atoms with van der Waals surface area (Å²) in [5, 5.41) is 9.82. The van der Waals surface area contributed by atoms with Gasteiger partial charge in [-0.25, -0.2) is 12.7 Å². The molecule has 1 aromatic heterocycles. The molecule has 0 aliphatic rings. The van der Waals surface area contributed by atoms with Crippen molar-refractivity contribution in [1.82, 2.24) is 19.1 Å². The van der Waals surface area contributed by atoms with Crippen molar-refractivity contribution in [3.8, 4) is 17.1 Å². The molecule has 1 heterocycles. The van der Waals surface area contributed by atoms with Gasteiger partial charge in [-0.1, -0.05) is 54.2 Å². The van der Waals surface area contributed by atoms with Crippen molar-refractivity contribution in [2.75, 3.05) is 19.8 Å². The van der Waals surface area contributed by atoms with Gasteiger partial charge in [0.2, 0.25) is 10.0 Å². The van der Waals surface area contributed by atoms with Crippen LogP contribution in [0.25, 0.3) is 17.1 Å². The summed E-state index contributed by atoms with van der Waals surface area (Å²) < 4.78 is 28.2. The van der Waals surface area contributed by atoms with Crippen LogP contribution in [0.15, 0.2) is 70.2 Å². The third-order valence-electron chi connectivity index (χ3n) is 4.12. The Morgan fingerprint density at radius 1 is 1.17 bits per heavy atom. The largest absolute Gasteiger partial charge is 0.270 e. The maximum absolute atomic E-state index is 12.6. The number of benzene rings is 2. The van der Waals surface area contributed by atoms with Crippen LogP contribution in [-0.4, -0.2) is 47.3 Å². The van der Waals surface area contributed by atoms with Gasteiger partial charge in [0, 0.05) is 36.1 Å². The maximum atomic E-state index is 12.6. The molecule has 9 heteroatoms. The Bertz CT molecular complexity index is 1160. The monoisotopic (exact) mass is 448 g/mol. The Morgan fingerprint density at radius 2 is 1.90 bits per heavy atom. The smallest absolute Gasteiger partial charge is 0.242 e. The van der Waals surface area contributed by atoms with E-state index in [-0.39, 0.29) is 4.90 Å². The van der Waals surface area contributed by atoms with E-state index in [0.717, 1.165) is 11.3 Å². The molecular weight excluding hydrogens is 428 g/mol. The molecule has 0 amide bonds. The van der Waals surface area contributed by atoms with E-state index >= 15 is 0 Å². The number of aryl methyl sites for hydroxylation is 1. The minimum atomic E-state index is -3.56. The molecule has 0 bridgehead atoms. The number of thioether (sulfide) groups is 1. The van der Waals surface area contributed by atoms with Gasteiger partial charge in [-0.3, -0.25) is 4.57 Å². The summed E-state index contributed by atoms with van der Waals surface area (Å²) in [6.07, 6.45) is 0. The van der Waals surface area contributed by atoms with Crippen LogP contribution in [0.5, 0.6) is 0 Å². The standard InChI is InChI=1S/C20H21ClN4O2S2/c1-14-7-5-9-17(11-14)25-19(22-23-20(25)28-13-15(2)21)16-8-6-10-18(12-16)29(26,27)24(3)4/h5-12H,2,13H2,1,3-4H3. The third-order valence-corrected chi connectivity index (χ3v) is 7.24. The molecule has 0 aliphatic carbocycles. The van der Waals surface area contributed by atoms with Gasteiger partial charge in [0.25, 0.3) is 0 Å². The first-order valence-corrected chi connectivity index (χ1v) is 11.5. The van der Waals surface area contributed by atoms with Crippen LogP contribution in [-0.2, 0) is 10.0 Å². The van der Waals surface area contributed by atoms with E-state index in [1.165, 1.54) is 30.2 Å². The zero-order valence-corrected chi connectivity index (χ0v) is 18.7. The average Bonchev–Trinajstić information content (AvgIpc) is 3.10. The normalized spacial score (nSPS) is 11.8. The third kappa shape index (κ3) is 4.72. The number of hydrogen-bond acceptors (Lipinski definition) is 5. The van der Waals surface area contributed by atoms with E-state index in [9.17, 15) is 8.42 Å². The van der Waals surface area contributed by atoms with Gasteiger partial charge in [-0.2, -0.15) is 0 Å². The molecule has 0 radical (unpaired) electrons. The summed E-state index contributed by atoms with van der Waals surface area (Å²) in [6, 6.07) is 14.6. The van der Waals surface area contributed by atoms with Gasteiger partial charge in [-0.05, 0) is 36.8 Å². The molecule has 3 rings (SSSR count). The highest BCUT2D eigenvalue weighted by Gasteiger charge is 2.21. The summed E-state index contributed by atoms with van der Waals surface area (Å²) in [7, 11) is -0.555. The van der Waals surface area contributed by atoms with Gasteiger partial charge < -0.3 is 0 Å². The first kappa shape index (κ1) is 21.6. The van der Waals surface area contributed by atoms with Crippen LogP contribution in [0.3, 0.4) is 0 Å². The Morgan fingerprint density at radius 3 is 2.55 bits per heavy atom. The quantitative estimate of drug-likeness (QED) is 0.503. The maximum Gasteiger partial charge on any atom is 0.242 e. The van der Waals surface area contributed by atoms with E-state index in [1.54, 1.807) is 18.2 Å². The molecule has 0 atom stereocenters. The molecule has 0 aliphatic heterocycles. The highest BCUT2D eigenvalue weighted by Crippen LogP contribution is 2.30. The SMILES string of the molecule is C=C(Cl)CSc1nnc(-c2cccc(S(=O)(=O)N(C)C)c2)n1-c1cccc(C)c1. The topological polar surface area (TPSA) is 68.1 Å². The summed E-state index contributed by atoms with van der Waals surface area (Å²) in [6.45, 7) is 5.73. The van der Waals surface area contributed by atoms with Gasteiger partial charge >= 0.3 is 0 Å². The first-order valence-electron chi connectivity index (χ1n) is 8.71. The van der Waals surface area contributed by atoms with E-state index in [4.69, 9.17) is 11.6 Å². The number of halogens is 1. The van der Waals surface area contributed by atoms with Crippen molar-refractivity contribution in [3.63, 3.8) is 0 Å². The van der Waals surface area contributed by atoms with E-state index in [1.807, 2.05) is 41.8 Å². The molecular formula is C20H21ClN4O2S2. The summed E-state index contributed by atoms with van der Waals surface area (Å²) in [5.41, 5.74) is 2.62. The van der Waals surface area contributed by atoms with E-state index < -0.39 is 10.0 Å². The summed E-state index contributed by atoms with van der Waals surface area (Å²) >= 11 is 7.35.